The van der Waals surface area contributed by atoms with E-state index in [4.69, 9.17) is 5.11 Å². The lowest BCUT2D eigenvalue weighted by Crippen LogP contribution is -2.25. The minimum absolute atomic E-state index is 0.0859. The number of imidazole rings is 1. The first kappa shape index (κ1) is 14.4. The van der Waals surface area contributed by atoms with Gasteiger partial charge in [-0.2, -0.15) is 0 Å². The SMILES string of the molecule is CCCN(CCC)c1cc(C)c2nc(C(=O)O)cn2c1. The Hall–Kier alpha value is -2.04. The molecule has 0 spiro atoms. The van der Waals surface area contributed by atoms with Crippen LogP contribution in [-0.2, 0) is 0 Å². The molecule has 2 rings (SSSR count). The van der Waals surface area contributed by atoms with Crippen molar-refractivity contribution in [1.82, 2.24) is 9.38 Å². The van der Waals surface area contributed by atoms with Gasteiger partial charge in [-0.1, -0.05) is 13.8 Å². The molecule has 0 radical (unpaired) electrons. The molecule has 1 N–H and O–H groups in total. The highest BCUT2D eigenvalue weighted by atomic mass is 16.4. The molecule has 5 heteroatoms. The molecule has 0 bridgehead atoms. The maximum Gasteiger partial charge on any atom is 0.356 e. The molecular weight excluding hydrogens is 254 g/mol. The lowest BCUT2D eigenvalue weighted by molar-refractivity contribution is 0.0691. The number of fused-ring (bicyclic) bond motifs is 1. The number of carbonyl (C=O) groups is 1. The van der Waals surface area contributed by atoms with Crippen LogP contribution in [0.2, 0.25) is 0 Å². The van der Waals surface area contributed by atoms with E-state index >= 15 is 0 Å². The standard InChI is InChI=1S/C15H21N3O2/c1-4-6-17(7-5-2)12-8-11(3)14-16-13(15(19)20)10-18(14)9-12/h8-10H,4-7H2,1-3H3,(H,19,20). The molecule has 0 unspecified atom stereocenters. The van der Waals surface area contributed by atoms with Crippen molar-refractivity contribution < 1.29 is 9.90 Å². The van der Waals surface area contributed by atoms with Crippen molar-refractivity contribution in [2.24, 2.45) is 0 Å². The van der Waals surface area contributed by atoms with Crippen molar-refractivity contribution in [3.63, 3.8) is 0 Å². The Labute approximate surface area is 118 Å². The number of hydrogen-bond donors (Lipinski definition) is 1. The second-order valence-corrected chi connectivity index (χ2v) is 5.03. The Bertz CT molecular complexity index is 613. The zero-order chi connectivity index (χ0) is 14.7. The van der Waals surface area contributed by atoms with E-state index in [1.807, 2.05) is 17.5 Å². The van der Waals surface area contributed by atoms with Gasteiger partial charge in [-0.05, 0) is 31.4 Å². The summed E-state index contributed by atoms with van der Waals surface area (Å²) in [6.07, 6.45) is 5.71. The fraction of sp³-hybridized carbons (Fsp3) is 0.467. The number of pyridine rings is 1. The molecule has 0 saturated heterocycles. The van der Waals surface area contributed by atoms with E-state index in [9.17, 15) is 4.79 Å². The molecular formula is C15H21N3O2. The third-order valence-corrected chi connectivity index (χ3v) is 3.29. The number of carboxylic acid groups (broad SMARTS) is 1. The average molecular weight is 275 g/mol. The van der Waals surface area contributed by atoms with E-state index in [1.165, 1.54) is 0 Å². The maximum absolute atomic E-state index is 11.0. The lowest BCUT2D eigenvalue weighted by Gasteiger charge is -2.24. The van der Waals surface area contributed by atoms with Crippen LogP contribution in [0.25, 0.3) is 5.65 Å². The smallest absolute Gasteiger partial charge is 0.356 e. The van der Waals surface area contributed by atoms with E-state index in [0.29, 0.717) is 5.65 Å². The van der Waals surface area contributed by atoms with Gasteiger partial charge in [0.1, 0.15) is 5.65 Å². The minimum atomic E-state index is -0.992. The van der Waals surface area contributed by atoms with Crippen LogP contribution < -0.4 is 4.90 Å². The highest BCUT2D eigenvalue weighted by Gasteiger charge is 2.13. The molecule has 0 atom stereocenters. The first-order chi connectivity index (χ1) is 9.56. The van der Waals surface area contributed by atoms with Gasteiger partial charge in [-0.15, -0.1) is 0 Å². The molecule has 0 aliphatic heterocycles. The van der Waals surface area contributed by atoms with Crippen molar-refractivity contribution in [1.29, 1.82) is 0 Å². The summed E-state index contributed by atoms with van der Waals surface area (Å²) < 4.78 is 1.81. The van der Waals surface area contributed by atoms with Gasteiger partial charge in [-0.25, -0.2) is 9.78 Å². The zero-order valence-electron chi connectivity index (χ0n) is 12.3. The molecule has 108 valence electrons. The van der Waals surface area contributed by atoms with Gasteiger partial charge in [0, 0.05) is 25.5 Å². The minimum Gasteiger partial charge on any atom is -0.476 e. The molecule has 0 fully saturated rings. The number of aromatic nitrogens is 2. The van der Waals surface area contributed by atoms with Crippen molar-refractivity contribution in [2.75, 3.05) is 18.0 Å². The van der Waals surface area contributed by atoms with Gasteiger partial charge in [0.05, 0.1) is 5.69 Å². The van der Waals surface area contributed by atoms with E-state index < -0.39 is 5.97 Å². The molecule has 2 aromatic heterocycles. The molecule has 0 aromatic carbocycles. The largest absolute Gasteiger partial charge is 0.476 e. The molecule has 0 aliphatic rings. The average Bonchev–Trinajstić information content (AvgIpc) is 2.83. The summed E-state index contributed by atoms with van der Waals surface area (Å²) in [5.41, 5.74) is 2.90. The Morgan fingerprint density at radius 1 is 1.30 bits per heavy atom. The Kier molecular flexibility index (Phi) is 4.27. The zero-order valence-corrected chi connectivity index (χ0v) is 12.3. The van der Waals surface area contributed by atoms with Crippen LogP contribution in [-0.4, -0.2) is 33.6 Å². The van der Waals surface area contributed by atoms with Gasteiger partial charge >= 0.3 is 5.97 Å². The Morgan fingerprint density at radius 3 is 2.50 bits per heavy atom. The maximum atomic E-state index is 11.0. The number of nitrogens with zero attached hydrogens (tertiary/aromatic N) is 3. The van der Waals surface area contributed by atoms with Crippen molar-refractivity contribution in [3.05, 3.63) is 29.7 Å². The summed E-state index contributed by atoms with van der Waals surface area (Å²) >= 11 is 0. The molecule has 5 nitrogen and oxygen atoms in total. The fourth-order valence-electron chi connectivity index (χ4n) is 2.44. The Balaban J connectivity index is 2.47. The first-order valence-corrected chi connectivity index (χ1v) is 7.04. The van der Waals surface area contributed by atoms with Gasteiger partial charge in [-0.3, -0.25) is 0 Å². The molecule has 0 saturated carbocycles. The second-order valence-electron chi connectivity index (χ2n) is 5.03. The third kappa shape index (κ3) is 2.76. The van der Waals surface area contributed by atoms with Crippen molar-refractivity contribution in [2.45, 2.75) is 33.6 Å². The van der Waals surface area contributed by atoms with Gasteiger partial charge in [0.2, 0.25) is 0 Å². The number of aromatic carboxylic acids is 1. The number of anilines is 1. The number of rotatable bonds is 6. The third-order valence-electron chi connectivity index (χ3n) is 3.29. The normalized spacial score (nSPS) is 10.9. The van der Waals surface area contributed by atoms with Gasteiger partial charge < -0.3 is 14.4 Å². The van der Waals surface area contributed by atoms with Crippen LogP contribution in [0, 0.1) is 6.92 Å². The highest BCUT2D eigenvalue weighted by molar-refractivity contribution is 5.86. The predicted molar refractivity (Wildman–Crippen MR) is 79.7 cm³/mol. The van der Waals surface area contributed by atoms with Crippen LogP contribution >= 0.6 is 0 Å². The monoisotopic (exact) mass is 275 g/mol. The van der Waals surface area contributed by atoms with E-state index in [-0.39, 0.29) is 5.69 Å². The van der Waals surface area contributed by atoms with Gasteiger partial charge in [0.15, 0.2) is 5.69 Å². The van der Waals surface area contributed by atoms with Crippen LogP contribution in [0.5, 0.6) is 0 Å². The Morgan fingerprint density at radius 2 is 1.95 bits per heavy atom. The summed E-state index contributed by atoms with van der Waals surface area (Å²) in [7, 11) is 0. The van der Waals surface area contributed by atoms with Gasteiger partial charge in [0.25, 0.3) is 0 Å². The highest BCUT2D eigenvalue weighted by Crippen LogP contribution is 2.21. The fourth-order valence-corrected chi connectivity index (χ4v) is 2.44. The predicted octanol–water partition coefficient (Wildman–Crippen LogP) is 2.97. The first-order valence-electron chi connectivity index (χ1n) is 7.04. The quantitative estimate of drug-likeness (QED) is 0.880. The van der Waals surface area contributed by atoms with Crippen LogP contribution in [0.15, 0.2) is 18.5 Å². The van der Waals surface area contributed by atoms with E-state index in [1.54, 1.807) is 6.20 Å². The molecule has 20 heavy (non-hydrogen) atoms. The number of carboxylic acids is 1. The summed E-state index contributed by atoms with van der Waals surface area (Å²) in [5.74, 6) is -0.992. The number of aryl methyl sites for hydroxylation is 1. The molecule has 2 heterocycles. The lowest BCUT2D eigenvalue weighted by atomic mass is 10.2. The second kappa shape index (κ2) is 5.94. The number of hydrogen-bond acceptors (Lipinski definition) is 3. The van der Waals surface area contributed by atoms with Crippen molar-refractivity contribution in [3.8, 4) is 0 Å². The van der Waals surface area contributed by atoms with E-state index in [2.05, 4.69) is 29.8 Å². The van der Waals surface area contributed by atoms with Crippen LogP contribution in [0.3, 0.4) is 0 Å². The summed E-state index contributed by atoms with van der Waals surface area (Å²) in [4.78, 5) is 17.5. The van der Waals surface area contributed by atoms with E-state index in [0.717, 1.165) is 37.2 Å². The topological polar surface area (TPSA) is 57.8 Å². The van der Waals surface area contributed by atoms with Crippen molar-refractivity contribution >= 4 is 17.3 Å². The molecule has 0 amide bonds. The van der Waals surface area contributed by atoms with Crippen LogP contribution in [0.1, 0.15) is 42.7 Å². The van der Waals surface area contributed by atoms with Crippen LogP contribution in [0.4, 0.5) is 5.69 Å². The summed E-state index contributed by atoms with van der Waals surface area (Å²) in [5, 5.41) is 9.04. The summed E-state index contributed by atoms with van der Waals surface area (Å²) in [6, 6.07) is 2.08. The summed E-state index contributed by atoms with van der Waals surface area (Å²) in [6.45, 7) is 8.29. The molecule has 0 aliphatic carbocycles. The molecule has 2 aromatic rings.